The summed E-state index contributed by atoms with van der Waals surface area (Å²) in [7, 11) is 0. The predicted octanol–water partition coefficient (Wildman–Crippen LogP) is 1.83. The van der Waals surface area contributed by atoms with Gasteiger partial charge in [-0.3, -0.25) is 9.69 Å². The van der Waals surface area contributed by atoms with Gasteiger partial charge in [-0.2, -0.15) is 13.2 Å². The highest BCUT2D eigenvalue weighted by atomic mass is 19.4. The minimum Gasteiger partial charge on any atom is -0.440 e. The Bertz CT molecular complexity index is 425. The first-order valence-electron chi connectivity index (χ1n) is 7.76. The van der Waals surface area contributed by atoms with E-state index in [0.717, 1.165) is 24.3 Å². The van der Waals surface area contributed by atoms with Crippen molar-refractivity contribution in [2.24, 2.45) is 0 Å². The lowest BCUT2D eigenvalue weighted by Gasteiger charge is -2.23. The van der Waals surface area contributed by atoms with Crippen LogP contribution in [0.25, 0.3) is 0 Å². The van der Waals surface area contributed by atoms with Crippen LogP contribution in [0.2, 0.25) is 0 Å². The Balaban J connectivity index is 1.75. The maximum Gasteiger partial charge on any atom is 0.422 e. The molecule has 2 rings (SSSR count). The number of rotatable bonds is 5. The summed E-state index contributed by atoms with van der Waals surface area (Å²) in [6.45, 7) is -0.262. The third kappa shape index (κ3) is 5.56. The van der Waals surface area contributed by atoms with E-state index in [9.17, 15) is 22.8 Å². The number of likely N-dealkylation sites (tertiary alicyclic amines) is 1. The Morgan fingerprint density at radius 2 is 2.04 bits per heavy atom. The van der Waals surface area contributed by atoms with Crippen molar-refractivity contribution in [1.82, 2.24) is 10.2 Å². The molecule has 2 atom stereocenters. The summed E-state index contributed by atoms with van der Waals surface area (Å²) in [6, 6.07) is -0.764. The normalized spacial score (nSPS) is 24.7. The van der Waals surface area contributed by atoms with Gasteiger partial charge in [0.05, 0.1) is 6.10 Å². The van der Waals surface area contributed by atoms with Gasteiger partial charge in [-0.05, 0) is 32.1 Å². The third-order valence-corrected chi connectivity index (χ3v) is 3.94. The van der Waals surface area contributed by atoms with Crippen molar-refractivity contribution in [3.63, 3.8) is 0 Å². The Hall–Kier alpha value is -1.51. The van der Waals surface area contributed by atoms with E-state index in [1.54, 1.807) is 0 Å². The molecular formula is C14H21F3N2O4. The predicted molar refractivity (Wildman–Crippen MR) is 73.7 cm³/mol. The first kappa shape index (κ1) is 17.8. The van der Waals surface area contributed by atoms with Gasteiger partial charge in [0.25, 0.3) is 0 Å². The molecule has 0 radical (unpaired) electrons. The van der Waals surface area contributed by atoms with Gasteiger partial charge < -0.3 is 14.8 Å². The number of nitrogens with zero attached hydrogens (tertiary/aromatic N) is 1. The number of carbonyl (C=O) groups is 2. The lowest BCUT2D eigenvalue weighted by molar-refractivity contribution is -0.162. The fourth-order valence-corrected chi connectivity index (χ4v) is 2.83. The quantitative estimate of drug-likeness (QED) is 0.830. The molecule has 2 aliphatic rings. The van der Waals surface area contributed by atoms with Crippen molar-refractivity contribution < 1.29 is 32.2 Å². The number of hydrogen-bond donors (Lipinski definition) is 1. The molecular weight excluding hydrogens is 317 g/mol. The Morgan fingerprint density at radius 1 is 1.26 bits per heavy atom. The molecule has 0 bridgehead atoms. The molecule has 0 aromatic heterocycles. The van der Waals surface area contributed by atoms with Gasteiger partial charge in [0.1, 0.15) is 6.04 Å². The van der Waals surface area contributed by atoms with Gasteiger partial charge in [-0.25, -0.2) is 4.79 Å². The molecule has 2 amide bonds. The molecule has 2 fully saturated rings. The Labute approximate surface area is 132 Å². The summed E-state index contributed by atoms with van der Waals surface area (Å²) in [5.41, 5.74) is 0. The van der Waals surface area contributed by atoms with Crippen molar-refractivity contribution in [2.75, 3.05) is 26.3 Å². The first-order chi connectivity index (χ1) is 10.9. The van der Waals surface area contributed by atoms with Gasteiger partial charge in [-0.15, -0.1) is 0 Å². The summed E-state index contributed by atoms with van der Waals surface area (Å²) < 4.78 is 45.9. The van der Waals surface area contributed by atoms with Crippen molar-refractivity contribution in [1.29, 1.82) is 0 Å². The van der Waals surface area contributed by atoms with Crippen LogP contribution in [-0.4, -0.2) is 61.5 Å². The fourth-order valence-electron chi connectivity index (χ4n) is 2.83. The van der Waals surface area contributed by atoms with Crippen LogP contribution in [0, 0.1) is 0 Å². The standard InChI is InChI=1S/C14H21F3N2O4/c15-14(16,17)9-23-13(21)19-7-1-4-11(19)12(20)18-6-5-10-3-2-8-22-10/h10-11H,1-9H2,(H,18,20). The van der Waals surface area contributed by atoms with Crippen LogP contribution in [0.3, 0.4) is 0 Å². The van der Waals surface area contributed by atoms with Crippen LogP contribution < -0.4 is 5.32 Å². The molecule has 2 aliphatic heterocycles. The van der Waals surface area contributed by atoms with Gasteiger partial charge in [0.2, 0.25) is 5.91 Å². The third-order valence-electron chi connectivity index (χ3n) is 3.94. The van der Waals surface area contributed by atoms with Gasteiger partial charge in [0.15, 0.2) is 6.61 Å². The fraction of sp³-hybridized carbons (Fsp3) is 0.857. The maximum absolute atomic E-state index is 12.1. The minimum absolute atomic E-state index is 0.145. The van der Waals surface area contributed by atoms with E-state index in [0.29, 0.717) is 25.8 Å². The van der Waals surface area contributed by atoms with Gasteiger partial charge >= 0.3 is 12.3 Å². The number of alkyl halides is 3. The second-order valence-corrected chi connectivity index (χ2v) is 5.74. The highest BCUT2D eigenvalue weighted by molar-refractivity contribution is 5.86. The molecule has 6 nitrogen and oxygen atoms in total. The zero-order chi connectivity index (χ0) is 16.9. The molecule has 9 heteroatoms. The molecule has 23 heavy (non-hydrogen) atoms. The number of carbonyl (C=O) groups excluding carboxylic acids is 2. The topological polar surface area (TPSA) is 67.9 Å². The van der Waals surface area contributed by atoms with E-state index in [-0.39, 0.29) is 18.6 Å². The van der Waals surface area contributed by atoms with Crippen molar-refractivity contribution in [2.45, 2.75) is 50.4 Å². The molecule has 0 aliphatic carbocycles. The average Bonchev–Trinajstić information content (AvgIpc) is 3.14. The van der Waals surface area contributed by atoms with E-state index in [4.69, 9.17) is 4.74 Å². The second kappa shape index (κ2) is 7.85. The number of amides is 2. The Kier molecular flexibility index (Phi) is 6.09. The highest BCUT2D eigenvalue weighted by Gasteiger charge is 2.37. The summed E-state index contributed by atoms with van der Waals surface area (Å²) in [5, 5.41) is 2.72. The zero-order valence-electron chi connectivity index (χ0n) is 12.7. The molecule has 0 aromatic rings. The second-order valence-electron chi connectivity index (χ2n) is 5.74. The SMILES string of the molecule is O=C(NCCC1CCCO1)C1CCCN1C(=O)OCC(F)(F)F. The van der Waals surface area contributed by atoms with Crippen LogP contribution in [0.4, 0.5) is 18.0 Å². The maximum atomic E-state index is 12.1. The molecule has 2 heterocycles. The van der Waals surface area contributed by atoms with Crippen LogP contribution in [-0.2, 0) is 14.3 Å². The molecule has 0 saturated carbocycles. The van der Waals surface area contributed by atoms with Crippen molar-refractivity contribution in [3.8, 4) is 0 Å². The van der Waals surface area contributed by atoms with E-state index in [1.165, 1.54) is 0 Å². The molecule has 2 unspecified atom stereocenters. The highest BCUT2D eigenvalue weighted by Crippen LogP contribution is 2.21. The van der Waals surface area contributed by atoms with E-state index in [1.807, 2.05) is 0 Å². The lowest BCUT2D eigenvalue weighted by Crippen LogP contribution is -2.47. The Morgan fingerprint density at radius 3 is 2.70 bits per heavy atom. The summed E-state index contributed by atoms with van der Waals surface area (Å²) in [4.78, 5) is 24.9. The van der Waals surface area contributed by atoms with Crippen molar-refractivity contribution >= 4 is 12.0 Å². The summed E-state index contributed by atoms with van der Waals surface area (Å²) in [5.74, 6) is -0.357. The van der Waals surface area contributed by atoms with E-state index in [2.05, 4.69) is 10.1 Å². The monoisotopic (exact) mass is 338 g/mol. The number of hydrogen-bond acceptors (Lipinski definition) is 4. The van der Waals surface area contributed by atoms with Gasteiger partial charge in [-0.1, -0.05) is 0 Å². The largest absolute Gasteiger partial charge is 0.440 e. The molecule has 1 N–H and O–H groups in total. The van der Waals surface area contributed by atoms with Gasteiger partial charge in [0, 0.05) is 19.7 Å². The molecule has 0 spiro atoms. The zero-order valence-corrected chi connectivity index (χ0v) is 12.7. The molecule has 2 saturated heterocycles. The summed E-state index contributed by atoms with van der Waals surface area (Å²) in [6.07, 6.45) is -1.87. The van der Waals surface area contributed by atoms with E-state index >= 15 is 0 Å². The van der Waals surface area contributed by atoms with Crippen LogP contribution in [0.1, 0.15) is 32.1 Å². The smallest absolute Gasteiger partial charge is 0.422 e. The van der Waals surface area contributed by atoms with E-state index < -0.39 is 24.9 Å². The van der Waals surface area contributed by atoms with Crippen LogP contribution in [0.5, 0.6) is 0 Å². The molecule has 0 aromatic carbocycles. The lowest BCUT2D eigenvalue weighted by atomic mass is 10.1. The minimum atomic E-state index is -4.57. The molecule has 132 valence electrons. The van der Waals surface area contributed by atoms with Crippen molar-refractivity contribution in [3.05, 3.63) is 0 Å². The summed E-state index contributed by atoms with van der Waals surface area (Å²) >= 11 is 0. The van der Waals surface area contributed by atoms with Crippen LogP contribution in [0.15, 0.2) is 0 Å². The number of ether oxygens (including phenoxy) is 2. The number of nitrogens with one attached hydrogen (secondary N) is 1. The van der Waals surface area contributed by atoms with Crippen LogP contribution >= 0.6 is 0 Å². The first-order valence-corrected chi connectivity index (χ1v) is 7.76. The average molecular weight is 338 g/mol. The number of halogens is 3.